The number of carboxylic acid groups (broad SMARTS) is 1. The highest BCUT2D eigenvalue weighted by Crippen LogP contribution is 2.25. The Morgan fingerprint density at radius 2 is 2.13 bits per heavy atom. The molecule has 3 rings (SSSR count). The predicted octanol–water partition coefficient (Wildman–Crippen LogP) is 1.62. The van der Waals surface area contributed by atoms with Crippen molar-refractivity contribution >= 4 is 27.8 Å². The van der Waals surface area contributed by atoms with E-state index in [0.29, 0.717) is 22.8 Å². The molecule has 6 nitrogen and oxygen atoms in total. The maximum atomic E-state index is 12.0. The van der Waals surface area contributed by atoms with Crippen molar-refractivity contribution in [3.63, 3.8) is 0 Å². The Labute approximate surface area is 131 Å². The van der Waals surface area contributed by atoms with Gasteiger partial charge in [0.05, 0.1) is 12.1 Å². The first-order valence-electron chi connectivity index (χ1n) is 7.01. The lowest BCUT2D eigenvalue weighted by atomic mass is 10.1. The molecule has 0 atom stereocenters. The van der Waals surface area contributed by atoms with Gasteiger partial charge in [-0.15, -0.1) is 0 Å². The first-order chi connectivity index (χ1) is 11.0. The molecule has 0 aliphatic rings. The fourth-order valence-electron chi connectivity index (χ4n) is 2.47. The third kappa shape index (κ3) is 2.70. The van der Waals surface area contributed by atoms with E-state index in [1.54, 1.807) is 18.2 Å². The van der Waals surface area contributed by atoms with Gasteiger partial charge >= 0.3 is 5.97 Å². The second-order valence-electron chi connectivity index (χ2n) is 5.51. The summed E-state index contributed by atoms with van der Waals surface area (Å²) in [5.41, 5.74) is 1.35. The Morgan fingerprint density at radius 3 is 2.83 bits per heavy atom. The summed E-state index contributed by atoms with van der Waals surface area (Å²) >= 11 is 0. The Bertz CT molecular complexity index is 1030. The Kier molecular flexibility index (Phi) is 3.64. The Hall–Kier alpha value is -3.04. The highest BCUT2D eigenvalue weighted by atomic mass is 16.4. The van der Waals surface area contributed by atoms with Gasteiger partial charge in [0.2, 0.25) is 0 Å². The van der Waals surface area contributed by atoms with Gasteiger partial charge in [-0.1, -0.05) is 11.8 Å². The third-order valence-electron chi connectivity index (χ3n) is 3.50. The number of carboxylic acids is 1. The molecule has 1 aromatic carbocycles. The molecule has 0 spiro atoms. The number of benzene rings is 1. The second kappa shape index (κ2) is 5.63. The number of hydrogen-bond donors (Lipinski definition) is 3. The molecule has 3 aromatic rings. The number of fused-ring (bicyclic) bond motifs is 3. The Balaban J connectivity index is 2.27. The number of aromatic amines is 2. The van der Waals surface area contributed by atoms with E-state index in [1.807, 2.05) is 19.0 Å². The van der Waals surface area contributed by atoms with Crippen LogP contribution >= 0.6 is 0 Å². The van der Waals surface area contributed by atoms with Crippen LogP contribution in [0.3, 0.4) is 0 Å². The molecule has 0 unspecified atom stereocenters. The molecule has 6 heteroatoms. The van der Waals surface area contributed by atoms with E-state index in [9.17, 15) is 14.7 Å². The molecular weight excluding hydrogens is 294 g/mol. The maximum Gasteiger partial charge on any atom is 0.337 e. The summed E-state index contributed by atoms with van der Waals surface area (Å²) in [5.74, 6) is 5.01. The lowest BCUT2D eigenvalue weighted by Crippen LogP contribution is -2.10. The lowest BCUT2D eigenvalue weighted by molar-refractivity contribution is 0.0699. The highest BCUT2D eigenvalue weighted by Gasteiger charge is 2.16. The van der Waals surface area contributed by atoms with E-state index in [-0.39, 0.29) is 16.6 Å². The Morgan fingerprint density at radius 1 is 1.35 bits per heavy atom. The molecule has 23 heavy (non-hydrogen) atoms. The predicted molar refractivity (Wildman–Crippen MR) is 88.8 cm³/mol. The molecule has 0 bridgehead atoms. The molecule has 3 N–H and O–H groups in total. The summed E-state index contributed by atoms with van der Waals surface area (Å²) in [6, 6.07) is 5.35. The van der Waals surface area contributed by atoms with Gasteiger partial charge in [-0.3, -0.25) is 9.69 Å². The van der Waals surface area contributed by atoms with E-state index in [4.69, 9.17) is 0 Å². The van der Waals surface area contributed by atoms with E-state index < -0.39 is 5.97 Å². The van der Waals surface area contributed by atoms with E-state index >= 15 is 0 Å². The van der Waals surface area contributed by atoms with Gasteiger partial charge in [-0.2, -0.15) is 0 Å². The van der Waals surface area contributed by atoms with Crippen molar-refractivity contribution in [2.75, 3.05) is 20.6 Å². The fraction of sp³-hybridized carbons (Fsp3) is 0.176. The van der Waals surface area contributed by atoms with Crippen LogP contribution in [0.25, 0.3) is 21.8 Å². The smallest absolute Gasteiger partial charge is 0.337 e. The number of aromatic nitrogens is 2. The summed E-state index contributed by atoms with van der Waals surface area (Å²) in [6.07, 6.45) is 1.34. The highest BCUT2D eigenvalue weighted by molar-refractivity contribution is 6.14. The molecule has 116 valence electrons. The summed E-state index contributed by atoms with van der Waals surface area (Å²) in [5, 5.41) is 10.4. The molecule has 0 saturated heterocycles. The van der Waals surface area contributed by atoms with Crippen molar-refractivity contribution in [1.29, 1.82) is 0 Å². The van der Waals surface area contributed by atoms with Crippen LogP contribution in [0.15, 0.2) is 29.2 Å². The minimum absolute atomic E-state index is 0.0782. The number of aromatic carboxylic acids is 1. The van der Waals surface area contributed by atoms with E-state index in [0.717, 1.165) is 5.56 Å². The molecule has 0 aliphatic carbocycles. The fourth-order valence-corrected chi connectivity index (χ4v) is 2.47. The zero-order valence-electron chi connectivity index (χ0n) is 12.7. The first kappa shape index (κ1) is 14.9. The quantitative estimate of drug-likeness (QED) is 0.628. The van der Waals surface area contributed by atoms with Gasteiger partial charge < -0.3 is 15.1 Å². The summed E-state index contributed by atoms with van der Waals surface area (Å²) in [6.45, 7) is 0.629. The minimum Gasteiger partial charge on any atom is -0.478 e. The van der Waals surface area contributed by atoms with Crippen LogP contribution in [0.4, 0.5) is 0 Å². The molecule has 0 aliphatic heterocycles. The van der Waals surface area contributed by atoms with Gasteiger partial charge in [0.15, 0.2) is 0 Å². The largest absolute Gasteiger partial charge is 0.478 e. The van der Waals surface area contributed by atoms with Gasteiger partial charge in [0, 0.05) is 28.0 Å². The van der Waals surface area contributed by atoms with Crippen molar-refractivity contribution in [3.8, 4) is 11.8 Å². The molecule has 0 saturated carbocycles. The van der Waals surface area contributed by atoms with Crippen LogP contribution in [-0.4, -0.2) is 46.6 Å². The number of hydrogen-bond acceptors (Lipinski definition) is 3. The van der Waals surface area contributed by atoms with Crippen molar-refractivity contribution in [3.05, 3.63) is 45.9 Å². The van der Waals surface area contributed by atoms with Crippen molar-refractivity contribution in [2.24, 2.45) is 0 Å². The minimum atomic E-state index is -1.08. The SMILES string of the molecule is CN(C)CC#Cc1ccc2[nH]c(=O)c3[nH]cc(C(=O)O)c3c2c1. The normalized spacial score (nSPS) is 10.9. The van der Waals surface area contributed by atoms with Gasteiger partial charge in [0.25, 0.3) is 5.56 Å². The van der Waals surface area contributed by atoms with Crippen LogP contribution < -0.4 is 5.56 Å². The molecule has 0 amide bonds. The maximum absolute atomic E-state index is 12.0. The van der Waals surface area contributed by atoms with Crippen LogP contribution in [0.5, 0.6) is 0 Å². The number of rotatable bonds is 2. The first-order valence-corrected chi connectivity index (χ1v) is 7.01. The van der Waals surface area contributed by atoms with Crippen LogP contribution in [0.2, 0.25) is 0 Å². The molecular formula is C17H15N3O3. The average molecular weight is 309 g/mol. The number of carbonyl (C=O) groups is 1. The van der Waals surface area contributed by atoms with Crippen molar-refractivity contribution in [1.82, 2.24) is 14.9 Å². The number of pyridine rings is 1. The molecule has 0 radical (unpaired) electrons. The van der Waals surface area contributed by atoms with Crippen LogP contribution in [-0.2, 0) is 0 Å². The number of nitrogens with one attached hydrogen (secondary N) is 2. The monoisotopic (exact) mass is 309 g/mol. The molecule has 0 fully saturated rings. The van der Waals surface area contributed by atoms with Gasteiger partial charge in [-0.25, -0.2) is 4.79 Å². The summed E-state index contributed by atoms with van der Waals surface area (Å²) < 4.78 is 0. The van der Waals surface area contributed by atoms with E-state index in [2.05, 4.69) is 21.8 Å². The number of nitrogens with zero attached hydrogens (tertiary/aromatic N) is 1. The lowest BCUT2D eigenvalue weighted by Gasteiger charge is -2.03. The second-order valence-corrected chi connectivity index (χ2v) is 5.51. The van der Waals surface area contributed by atoms with Crippen molar-refractivity contribution in [2.45, 2.75) is 0 Å². The summed E-state index contributed by atoms with van der Waals surface area (Å²) in [4.78, 5) is 30.9. The zero-order valence-corrected chi connectivity index (χ0v) is 12.7. The van der Waals surface area contributed by atoms with Crippen LogP contribution in [0.1, 0.15) is 15.9 Å². The van der Waals surface area contributed by atoms with Crippen LogP contribution in [0, 0.1) is 11.8 Å². The summed E-state index contributed by atoms with van der Waals surface area (Å²) in [7, 11) is 3.87. The standard InChI is InChI=1S/C17H15N3O3/c1-20(2)7-3-4-10-5-6-13-11(8-10)14-12(17(22)23)9-18-15(14)16(21)19-13/h5-6,8-9,18H,7H2,1-2H3,(H,19,21)(H,22,23). The van der Waals surface area contributed by atoms with Crippen molar-refractivity contribution < 1.29 is 9.90 Å². The topological polar surface area (TPSA) is 89.2 Å². The molecule has 2 aromatic heterocycles. The van der Waals surface area contributed by atoms with Gasteiger partial charge in [0.1, 0.15) is 5.52 Å². The van der Waals surface area contributed by atoms with Gasteiger partial charge in [-0.05, 0) is 32.3 Å². The van der Waals surface area contributed by atoms with E-state index in [1.165, 1.54) is 6.20 Å². The zero-order chi connectivity index (χ0) is 16.6. The third-order valence-corrected chi connectivity index (χ3v) is 3.50. The molecule has 2 heterocycles. The number of H-pyrrole nitrogens is 2. The average Bonchev–Trinajstić information content (AvgIpc) is 2.93.